The Balaban J connectivity index is 0.00000156. The van der Waals surface area contributed by atoms with E-state index >= 15 is 0 Å². The lowest BCUT2D eigenvalue weighted by molar-refractivity contribution is 0.777. The molecule has 0 aliphatic carbocycles. The summed E-state index contributed by atoms with van der Waals surface area (Å²) in [4.78, 5) is 8.04. The second kappa shape index (κ2) is 5.89. The predicted molar refractivity (Wildman–Crippen MR) is 95.7 cm³/mol. The van der Waals surface area contributed by atoms with Crippen LogP contribution in [0.4, 0.5) is 0 Å². The van der Waals surface area contributed by atoms with E-state index in [9.17, 15) is 0 Å². The number of rotatable bonds is 2. The molecule has 0 radical (unpaired) electrons. The van der Waals surface area contributed by atoms with Gasteiger partial charge in [-0.1, -0.05) is 42.5 Å². The summed E-state index contributed by atoms with van der Waals surface area (Å²) in [5.74, 6) is 1.64. The van der Waals surface area contributed by atoms with Gasteiger partial charge in [0, 0.05) is 35.3 Å². The lowest BCUT2D eigenvalue weighted by atomic mass is 10.1. The van der Waals surface area contributed by atoms with E-state index in [-0.39, 0.29) is 12.4 Å². The number of aryl methyl sites for hydroxylation is 2. The first kappa shape index (κ1) is 15.3. The molecule has 2 aromatic carbocycles. The lowest BCUT2D eigenvalue weighted by Crippen LogP contribution is -1.95. The number of aromatic nitrogens is 4. The van der Waals surface area contributed by atoms with Crippen molar-refractivity contribution in [2.45, 2.75) is 6.92 Å². The van der Waals surface area contributed by atoms with E-state index in [1.165, 1.54) is 5.56 Å². The molecule has 0 aliphatic heterocycles. The molecule has 0 unspecified atom stereocenters. The number of hydrogen-bond acceptors (Lipinski definition) is 2. The molecular formula is C18H17ClN4. The predicted octanol–water partition coefficient (Wildman–Crippen LogP) is 4.36. The van der Waals surface area contributed by atoms with Crippen LogP contribution in [0.2, 0.25) is 0 Å². The molecule has 5 heteroatoms. The Bertz CT molecular complexity index is 968. The van der Waals surface area contributed by atoms with E-state index in [0.717, 1.165) is 33.7 Å². The largest absolute Gasteiger partial charge is 0.360 e. The summed E-state index contributed by atoms with van der Waals surface area (Å²) < 4.78 is 1.85. The SMILES string of the molecule is Cc1ccccc1-c1nc(-c2c[nH]c3ccccc23)nn1C.Cl. The highest BCUT2D eigenvalue weighted by atomic mass is 35.5. The number of para-hydroxylation sites is 1. The molecule has 2 aromatic heterocycles. The first-order valence-corrected chi connectivity index (χ1v) is 7.27. The Kier molecular flexibility index (Phi) is 3.92. The molecule has 0 fully saturated rings. The highest BCUT2D eigenvalue weighted by Gasteiger charge is 2.15. The van der Waals surface area contributed by atoms with Gasteiger partial charge in [-0.3, -0.25) is 0 Å². The quantitative estimate of drug-likeness (QED) is 0.595. The van der Waals surface area contributed by atoms with Gasteiger partial charge in [-0.15, -0.1) is 12.4 Å². The summed E-state index contributed by atoms with van der Waals surface area (Å²) in [6.45, 7) is 2.09. The Hall–Kier alpha value is -2.59. The lowest BCUT2D eigenvalue weighted by Gasteiger charge is -2.03. The standard InChI is InChI=1S/C18H16N4.ClH/c1-12-7-3-4-8-13(12)18-20-17(21-22(18)2)15-11-19-16-10-6-5-9-14(15)16;/h3-11,19H,1-2H3;1H. The zero-order valence-corrected chi connectivity index (χ0v) is 13.8. The Labute approximate surface area is 140 Å². The molecule has 0 aliphatic rings. The van der Waals surface area contributed by atoms with Crippen molar-refractivity contribution in [2.24, 2.45) is 7.05 Å². The van der Waals surface area contributed by atoms with Crippen molar-refractivity contribution in [3.05, 3.63) is 60.3 Å². The molecule has 4 rings (SSSR count). The smallest absolute Gasteiger partial charge is 0.183 e. The fourth-order valence-corrected chi connectivity index (χ4v) is 2.81. The topological polar surface area (TPSA) is 46.5 Å². The third kappa shape index (κ3) is 2.51. The molecule has 0 amide bonds. The van der Waals surface area contributed by atoms with Crippen LogP contribution >= 0.6 is 12.4 Å². The molecule has 4 nitrogen and oxygen atoms in total. The van der Waals surface area contributed by atoms with E-state index in [2.05, 4.69) is 41.3 Å². The zero-order valence-electron chi connectivity index (χ0n) is 12.9. The molecule has 0 bridgehead atoms. The van der Waals surface area contributed by atoms with Crippen LogP contribution in [-0.4, -0.2) is 19.7 Å². The van der Waals surface area contributed by atoms with Crippen molar-refractivity contribution in [1.82, 2.24) is 19.7 Å². The highest BCUT2D eigenvalue weighted by Crippen LogP contribution is 2.29. The van der Waals surface area contributed by atoms with Crippen molar-refractivity contribution in [1.29, 1.82) is 0 Å². The monoisotopic (exact) mass is 324 g/mol. The zero-order chi connectivity index (χ0) is 15.1. The normalized spacial score (nSPS) is 10.7. The second-order valence-corrected chi connectivity index (χ2v) is 5.45. The molecular weight excluding hydrogens is 308 g/mol. The van der Waals surface area contributed by atoms with Crippen molar-refractivity contribution < 1.29 is 0 Å². The molecule has 0 spiro atoms. The van der Waals surface area contributed by atoms with E-state index in [4.69, 9.17) is 4.98 Å². The molecule has 1 N–H and O–H groups in total. The minimum Gasteiger partial charge on any atom is -0.360 e. The fraction of sp³-hybridized carbons (Fsp3) is 0.111. The maximum atomic E-state index is 4.77. The summed E-state index contributed by atoms with van der Waals surface area (Å²) >= 11 is 0. The van der Waals surface area contributed by atoms with Crippen LogP contribution in [0.1, 0.15) is 5.56 Å². The van der Waals surface area contributed by atoms with Crippen molar-refractivity contribution in [3.8, 4) is 22.8 Å². The third-order valence-corrected chi connectivity index (χ3v) is 3.98. The number of nitrogens with zero attached hydrogens (tertiary/aromatic N) is 3. The minimum absolute atomic E-state index is 0. The number of hydrogen-bond donors (Lipinski definition) is 1. The van der Waals surface area contributed by atoms with E-state index in [1.54, 1.807) is 0 Å². The maximum absolute atomic E-state index is 4.77. The molecule has 0 saturated carbocycles. The molecule has 0 saturated heterocycles. The van der Waals surface area contributed by atoms with Crippen molar-refractivity contribution in [3.63, 3.8) is 0 Å². The van der Waals surface area contributed by atoms with Gasteiger partial charge in [0.25, 0.3) is 0 Å². The average molecular weight is 325 g/mol. The summed E-state index contributed by atoms with van der Waals surface area (Å²) in [5, 5.41) is 5.75. The van der Waals surface area contributed by atoms with Gasteiger partial charge in [0.2, 0.25) is 0 Å². The van der Waals surface area contributed by atoms with Gasteiger partial charge in [0.15, 0.2) is 11.6 Å². The van der Waals surface area contributed by atoms with Gasteiger partial charge < -0.3 is 4.98 Å². The summed E-state index contributed by atoms with van der Waals surface area (Å²) in [6.07, 6.45) is 1.97. The average Bonchev–Trinajstić information content (AvgIpc) is 3.11. The van der Waals surface area contributed by atoms with Crippen LogP contribution in [0.5, 0.6) is 0 Å². The van der Waals surface area contributed by atoms with Crippen LogP contribution in [0, 0.1) is 6.92 Å². The Morgan fingerprint density at radius 3 is 2.52 bits per heavy atom. The summed E-state index contributed by atoms with van der Waals surface area (Å²) in [5.41, 5.74) is 4.44. The van der Waals surface area contributed by atoms with Crippen molar-refractivity contribution >= 4 is 23.3 Å². The number of fused-ring (bicyclic) bond motifs is 1. The second-order valence-electron chi connectivity index (χ2n) is 5.45. The van der Waals surface area contributed by atoms with Crippen LogP contribution in [0.25, 0.3) is 33.7 Å². The van der Waals surface area contributed by atoms with E-state index in [0.29, 0.717) is 0 Å². The fourth-order valence-electron chi connectivity index (χ4n) is 2.81. The molecule has 2 heterocycles. The maximum Gasteiger partial charge on any atom is 0.183 e. The number of nitrogens with one attached hydrogen (secondary N) is 1. The molecule has 116 valence electrons. The highest BCUT2D eigenvalue weighted by molar-refractivity contribution is 5.93. The van der Waals surface area contributed by atoms with Crippen LogP contribution in [0.15, 0.2) is 54.7 Å². The number of H-pyrrole nitrogens is 1. The van der Waals surface area contributed by atoms with E-state index in [1.807, 2.05) is 42.2 Å². The molecule has 23 heavy (non-hydrogen) atoms. The van der Waals surface area contributed by atoms with Crippen LogP contribution in [0.3, 0.4) is 0 Å². The third-order valence-electron chi connectivity index (χ3n) is 3.98. The number of aromatic amines is 1. The van der Waals surface area contributed by atoms with Gasteiger partial charge in [0.1, 0.15) is 0 Å². The number of benzene rings is 2. The van der Waals surface area contributed by atoms with Gasteiger partial charge in [-0.25, -0.2) is 9.67 Å². The molecule has 4 aromatic rings. The first-order valence-electron chi connectivity index (χ1n) is 7.27. The number of halogens is 1. The summed E-state index contributed by atoms with van der Waals surface area (Å²) in [6, 6.07) is 16.4. The van der Waals surface area contributed by atoms with Crippen LogP contribution < -0.4 is 0 Å². The minimum atomic E-state index is 0. The van der Waals surface area contributed by atoms with Gasteiger partial charge in [0.05, 0.1) is 0 Å². The van der Waals surface area contributed by atoms with Crippen LogP contribution in [-0.2, 0) is 7.05 Å². The van der Waals surface area contributed by atoms with Gasteiger partial charge >= 0.3 is 0 Å². The Morgan fingerprint density at radius 1 is 0.957 bits per heavy atom. The van der Waals surface area contributed by atoms with Crippen molar-refractivity contribution in [2.75, 3.05) is 0 Å². The first-order chi connectivity index (χ1) is 10.7. The van der Waals surface area contributed by atoms with E-state index < -0.39 is 0 Å². The molecule has 0 atom stereocenters. The summed E-state index contributed by atoms with van der Waals surface area (Å²) in [7, 11) is 1.94. The van der Waals surface area contributed by atoms with Gasteiger partial charge in [-0.2, -0.15) is 5.10 Å². The Morgan fingerprint density at radius 2 is 1.70 bits per heavy atom. The van der Waals surface area contributed by atoms with Gasteiger partial charge in [-0.05, 0) is 18.6 Å².